The topological polar surface area (TPSA) is 97.3 Å². The van der Waals surface area contributed by atoms with Crippen LogP contribution in [0.4, 0.5) is 5.69 Å². The van der Waals surface area contributed by atoms with Crippen LogP contribution in [-0.4, -0.2) is 34.2 Å². The van der Waals surface area contributed by atoms with Crippen LogP contribution in [0, 0.1) is 0 Å². The van der Waals surface area contributed by atoms with Gasteiger partial charge in [-0.2, -0.15) is 5.10 Å². The molecular formula is C31H29BrClN3O5S. The van der Waals surface area contributed by atoms with Gasteiger partial charge in [-0.05, 0) is 81.5 Å². The third-order valence-electron chi connectivity index (χ3n) is 6.21. The number of hydrazone groups is 1. The quantitative estimate of drug-likeness (QED) is 0.135. The lowest BCUT2D eigenvalue weighted by Gasteiger charge is -2.25. The average molecular weight is 671 g/mol. The number of para-hydroxylation sites is 1. The van der Waals surface area contributed by atoms with Gasteiger partial charge in [-0.3, -0.25) is 9.10 Å². The molecule has 8 nitrogen and oxygen atoms in total. The van der Waals surface area contributed by atoms with Crippen LogP contribution in [0.25, 0.3) is 0 Å². The van der Waals surface area contributed by atoms with Crippen molar-refractivity contribution in [1.29, 1.82) is 0 Å². The Balaban J connectivity index is 1.50. The molecule has 0 aromatic heterocycles. The summed E-state index contributed by atoms with van der Waals surface area (Å²) >= 11 is 9.47. The highest BCUT2D eigenvalue weighted by Gasteiger charge is 2.28. The second kappa shape index (κ2) is 14.4. The number of hydrogen-bond donors (Lipinski definition) is 1. The van der Waals surface area contributed by atoms with E-state index in [-0.39, 0.29) is 4.90 Å². The van der Waals surface area contributed by atoms with Gasteiger partial charge in [0.15, 0.2) is 11.5 Å². The highest BCUT2D eigenvalue weighted by Crippen LogP contribution is 2.37. The van der Waals surface area contributed by atoms with E-state index in [2.05, 4.69) is 26.5 Å². The number of anilines is 1. The fourth-order valence-corrected chi connectivity index (χ4v) is 6.29. The van der Waals surface area contributed by atoms with Gasteiger partial charge in [0.25, 0.3) is 15.9 Å². The molecule has 0 fully saturated rings. The molecule has 4 aromatic rings. The van der Waals surface area contributed by atoms with Crippen molar-refractivity contribution in [3.05, 3.63) is 117 Å². The third-order valence-corrected chi connectivity index (χ3v) is 8.83. The minimum atomic E-state index is -4.03. The Morgan fingerprint density at radius 3 is 2.40 bits per heavy atom. The first-order valence-corrected chi connectivity index (χ1v) is 15.6. The number of rotatable bonds is 12. The molecule has 0 unspecified atom stereocenters. The lowest BCUT2D eigenvalue weighted by molar-refractivity contribution is -0.119. The molecule has 0 spiro atoms. The maximum Gasteiger partial charge on any atom is 0.264 e. The number of aryl methyl sites for hydroxylation is 1. The number of methoxy groups -OCH3 is 1. The largest absolute Gasteiger partial charge is 0.493 e. The smallest absolute Gasteiger partial charge is 0.264 e. The van der Waals surface area contributed by atoms with Gasteiger partial charge in [-0.25, -0.2) is 13.8 Å². The molecule has 4 rings (SSSR count). The molecule has 0 aliphatic heterocycles. The first-order chi connectivity index (χ1) is 20.2. The Hall–Kier alpha value is -3.86. The number of hydrogen-bond acceptors (Lipinski definition) is 6. The van der Waals surface area contributed by atoms with Crippen molar-refractivity contribution < 1.29 is 22.7 Å². The van der Waals surface area contributed by atoms with Crippen molar-refractivity contribution in [2.45, 2.75) is 24.8 Å². The van der Waals surface area contributed by atoms with E-state index in [4.69, 9.17) is 21.1 Å². The molecule has 42 heavy (non-hydrogen) atoms. The van der Waals surface area contributed by atoms with Gasteiger partial charge in [0, 0.05) is 5.02 Å². The molecule has 11 heteroatoms. The molecular weight excluding hydrogens is 642 g/mol. The van der Waals surface area contributed by atoms with Crippen molar-refractivity contribution in [1.82, 2.24) is 5.43 Å². The second-order valence-electron chi connectivity index (χ2n) is 9.05. The van der Waals surface area contributed by atoms with Gasteiger partial charge in [0.05, 0.1) is 28.4 Å². The lowest BCUT2D eigenvalue weighted by Crippen LogP contribution is -2.40. The number of amides is 1. The summed E-state index contributed by atoms with van der Waals surface area (Å²) < 4.78 is 40.4. The van der Waals surface area contributed by atoms with Crippen LogP contribution in [0.3, 0.4) is 0 Å². The summed E-state index contributed by atoms with van der Waals surface area (Å²) in [6, 6.07) is 25.9. The van der Waals surface area contributed by atoms with Gasteiger partial charge in [-0.15, -0.1) is 0 Å². The molecule has 0 saturated carbocycles. The van der Waals surface area contributed by atoms with Crippen LogP contribution in [0.2, 0.25) is 5.02 Å². The number of halogens is 2. The minimum absolute atomic E-state index is 0.0857. The van der Waals surface area contributed by atoms with Gasteiger partial charge < -0.3 is 9.47 Å². The normalized spacial score (nSPS) is 11.3. The van der Waals surface area contributed by atoms with Crippen LogP contribution in [0.5, 0.6) is 11.5 Å². The summed E-state index contributed by atoms with van der Waals surface area (Å²) in [5, 5.41) is 4.70. The molecule has 0 atom stereocenters. The Morgan fingerprint density at radius 1 is 1.02 bits per heavy atom. The van der Waals surface area contributed by atoms with E-state index >= 15 is 0 Å². The Morgan fingerprint density at radius 2 is 1.71 bits per heavy atom. The summed E-state index contributed by atoms with van der Waals surface area (Å²) in [5.74, 6) is 0.359. The van der Waals surface area contributed by atoms with E-state index in [0.29, 0.717) is 45.3 Å². The van der Waals surface area contributed by atoms with Crippen molar-refractivity contribution in [2.75, 3.05) is 18.0 Å². The molecule has 218 valence electrons. The Bertz CT molecular complexity index is 1670. The van der Waals surface area contributed by atoms with Crippen molar-refractivity contribution in [3.63, 3.8) is 0 Å². The number of ether oxygens (including phenoxy) is 2. The molecule has 0 bridgehead atoms. The predicted molar refractivity (Wildman–Crippen MR) is 169 cm³/mol. The molecule has 1 amide bonds. The number of nitrogens with zero attached hydrogens (tertiary/aromatic N) is 2. The van der Waals surface area contributed by atoms with Gasteiger partial charge >= 0.3 is 0 Å². The van der Waals surface area contributed by atoms with E-state index in [0.717, 1.165) is 15.4 Å². The number of sulfonamides is 1. The number of carbonyl (C=O) groups is 1. The van der Waals surface area contributed by atoms with E-state index in [1.54, 1.807) is 54.6 Å². The van der Waals surface area contributed by atoms with E-state index < -0.39 is 22.5 Å². The Kier molecular flexibility index (Phi) is 10.6. The summed E-state index contributed by atoms with van der Waals surface area (Å²) in [5.41, 5.74) is 5.22. The van der Waals surface area contributed by atoms with Crippen molar-refractivity contribution >= 4 is 55.4 Å². The second-order valence-corrected chi connectivity index (χ2v) is 12.2. The maximum absolute atomic E-state index is 13.6. The average Bonchev–Trinajstić information content (AvgIpc) is 3.00. The molecule has 1 N–H and O–H groups in total. The van der Waals surface area contributed by atoms with Crippen molar-refractivity contribution in [2.24, 2.45) is 5.10 Å². The molecule has 0 saturated heterocycles. The van der Waals surface area contributed by atoms with Crippen LogP contribution in [-0.2, 0) is 27.8 Å². The van der Waals surface area contributed by atoms with Gasteiger partial charge in [0.2, 0.25) is 0 Å². The molecule has 0 aliphatic rings. The zero-order valence-electron chi connectivity index (χ0n) is 23.0. The SMILES string of the molecule is CCc1ccccc1N(CC(=O)N/N=C\c1cc(Br)c(OCc2ccc(Cl)cc2)c(OC)c1)S(=O)(=O)c1ccccc1. The van der Waals surface area contributed by atoms with Crippen LogP contribution < -0.4 is 19.2 Å². The molecule has 0 heterocycles. The Labute approximate surface area is 259 Å². The summed E-state index contributed by atoms with van der Waals surface area (Å²) in [7, 11) is -2.51. The minimum Gasteiger partial charge on any atom is -0.493 e. The predicted octanol–water partition coefficient (Wildman–Crippen LogP) is 6.60. The van der Waals surface area contributed by atoms with Gasteiger partial charge in [-0.1, -0.05) is 67.1 Å². The van der Waals surface area contributed by atoms with Crippen LogP contribution >= 0.6 is 27.5 Å². The first-order valence-electron chi connectivity index (χ1n) is 12.9. The first kappa shape index (κ1) is 31.1. The van der Waals surface area contributed by atoms with Crippen LogP contribution in [0.1, 0.15) is 23.6 Å². The highest BCUT2D eigenvalue weighted by atomic mass is 79.9. The molecule has 0 aliphatic carbocycles. The zero-order valence-corrected chi connectivity index (χ0v) is 26.1. The fourth-order valence-electron chi connectivity index (χ4n) is 4.11. The van der Waals surface area contributed by atoms with E-state index in [9.17, 15) is 13.2 Å². The monoisotopic (exact) mass is 669 g/mol. The maximum atomic E-state index is 13.6. The summed E-state index contributed by atoms with van der Waals surface area (Å²) in [6.45, 7) is 1.77. The molecule has 4 aromatic carbocycles. The highest BCUT2D eigenvalue weighted by molar-refractivity contribution is 9.10. The fraction of sp³-hybridized carbons (Fsp3) is 0.161. The van der Waals surface area contributed by atoms with Crippen LogP contribution in [0.15, 0.2) is 105 Å². The van der Waals surface area contributed by atoms with E-state index in [1.165, 1.54) is 25.5 Å². The standard InChI is InChI=1S/C31H29BrClN3O5S/c1-3-24-9-7-8-12-28(24)36(42(38,39)26-10-5-4-6-11-26)20-30(37)35-34-19-23-17-27(32)31(29(18-23)40-2)41-21-22-13-15-25(33)16-14-22/h4-19H,3,20-21H2,1-2H3,(H,35,37)/b34-19-. The lowest BCUT2D eigenvalue weighted by atomic mass is 10.1. The number of carbonyl (C=O) groups excluding carboxylic acids is 1. The number of benzene rings is 4. The van der Waals surface area contributed by atoms with Gasteiger partial charge in [0.1, 0.15) is 13.2 Å². The van der Waals surface area contributed by atoms with Crippen molar-refractivity contribution in [3.8, 4) is 11.5 Å². The van der Waals surface area contributed by atoms with E-state index in [1.807, 2.05) is 31.2 Å². The molecule has 0 radical (unpaired) electrons. The summed E-state index contributed by atoms with van der Waals surface area (Å²) in [6.07, 6.45) is 2.02. The third kappa shape index (κ3) is 7.70. The summed E-state index contributed by atoms with van der Waals surface area (Å²) in [4.78, 5) is 13.1. The zero-order chi connectivity index (χ0) is 30.1. The number of nitrogens with one attached hydrogen (secondary N) is 1.